The third-order valence-corrected chi connectivity index (χ3v) is 7.42. The number of carbonyl (C=O) groups is 1. The number of aryl methyl sites for hydroxylation is 3. The molecule has 0 saturated carbocycles. The summed E-state index contributed by atoms with van der Waals surface area (Å²) in [6.07, 6.45) is 0. The van der Waals surface area contributed by atoms with E-state index in [1.54, 1.807) is 12.1 Å². The molecule has 0 aliphatic carbocycles. The zero-order valence-electron chi connectivity index (χ0n) is 18.8. The summed E-state index contributed by atoms with van der Waals surface area (Å²) in [7, 11) is -3.99. The van der Waals surface area contributed by atoms with E-state index >= 15 is 0 Å². The molecule has 1 amide bonds. The molecule has 0 spiro atoms. The van der Waals surface area contributed by atoms with Crippen molar-refractivity contribution >= 4 is 33.2 Å². The predicted molar refractivity (Wildman–Crippen MR) is 130 cm³/mol. The van der Waals surface area contributed by atoms with E-state index in [0.29, 0.717) is 5.69 Å². The molecular formula is C25H27ClN2O3S. The minimum absolute atomic E-state index is 0.0433. The standard InChI is InChI=1S/C25H27ClN2O3S/c1-15-9-11-21(17(3)13-15)19(5)27-25(29)20-10-12-22(26)24(14-20)32(30,31)28-23-8-6-7-16(2)18(23)4/h6-14,19,28H,1-5H3,(H,27,29)/t19-/m0/s1. The average molecular weight is 471 g/mol. The first-order chi connectivity index (χ1) is 15.0. The number of nitrogens with one attached hydrogen (secondary N) is 2. The van der Waals surface area contributed by atoms with E-state index in [-0.39, 0.29) is 27.4 Å². The van der Waals surface area contributed by atoms with Gasteiger partial charge in [0.25, 0.3) is 15.9 Å². The first kappa shape index (κ1) is 23.8. The Balaban J connectivity index is 1.87. The van der Waals surface area contributed by atoms with Crippen molar-refractivity contribution in [3.8, 4) is 0 Å². The van der Waals surface area contributed by atoms with Crippen molar-refractivity contribution in [1.82, 2.24) is 5.32 Å². The molecule has 0 aliphatic heterocycles. The van der Waals surface area contributed by atoms with Crippen molar-refractivity contribution in [3.63, 3.8) is 0 Å². The molecule has 0 bridgehead atoms. The van der Waals surface area contributed by atoms with Gasteiger partial charge in [-0.2, -0.15) is 0 Å². The van der Waals surface area contributed by atoms with E-state index in [1.807, 2.05) is 52.8 Å². The van der Waals surface area contributed by atoms with Crippen molar-refractivity contribution in [1.29, 1.82) is 0 Å². The molecule has 32 heavy (non-hydrogen) atoms. The molecule has 3 rings (SSSR count). The molecule has 0 saturated heterocycles. The van der Waals surface area contributed by atoms with Gasteiger partial charge in [-0.05, 0) is 81.1 Å². The van der Waals surface area contributed by atoms with Gasteiger partial charge in [-0.25, -0.2) is 8.42 Å². The van der Waals surface area contributed by atoms with Crippen LogP contribution in [0.3, 0.4) is 0 Å². The third-order valence-electron chi connectivity index (χ3n) is 5.57. The maximum absolute atomic E-state index is 13.1. The minimum atomic E-state index is -3.99. The van der Waals surface area contributed by atoms with Gasteiger partial charge in [0.2, 0.25) is 0 Å². The van der Waals surface area contributed by atoms with E-state index in [0.717, 1.165) is 27.8 Å². The van der Waals surface area contributed by atoms with Gasteiger partial charge in [0, 0.05) is 5.56 Å². The Hall–Kier alpha value is -2.83. The van der Waals surface area contributed by atoms with E-state index in [1.165, 1.54) is 18.2 Å². The maximum Gasteiger partial charge on any atom is 0.263 e. The molecule has 3 aromatic rings. The number of sulfonamides is 1. The second-order valence-electron chi connectivity index (χ2n) is 8.05. The number of benzene rings is 3. The normalized spacial score (nSPS) is 12.3. The molecule has 0 radical (unpaired) electrons. The number of carbonyl (C=O) groups excluding carboxylic acids is 1. The Kier molecular flexibility index (Phi) is 6.96. The predicted octanol–water partition coefficient (Wildman–Crippen LogP) is 5.87. The van der Waals surface area contributed by atoms with Crippen LogP contribution >= 0.6 is 11.6 Å². The Bertz CT molecular complexity index is 1290. The molecule has 168 valence electrons. The van der Waals surface area contributed by atoms with E-state index < -0.39 is 10.0 Å². The van der Waals surface area contributed by atoms with Crippen LogP contribution in [-0.2, 0) is 10.0 Å². The van der Waals surface area contributed by atoms with Crippen molar-refractivity contribution in [2.45, 2.75) is 45.6 Å². The fourth-order valence-corrected chi connectivity index (χ4v) is 5.23. The Morgan fingerprint density at radius 1 is 0.938 bits per heavy atom. The van der Waals surface area contributed by atoms with Gasteiger partial charge in [0.05, 0.1) is 16.8 Å². The largest absolute Gasteiger partial charge is 0.346 e. The van der Waals surface area contributed by atoms with Gasteiger partial charge in [-0.1, -0.05) is 47.5 Å². The molecule has 0 heterocycles. The lowest BCUT2D eigenvalue weighted by Gasteiger charge is -2.18. The van der Waals surface area contributed by atoms with Gasteiger partial charge >= 0.3 is 0 Å². The van der Waals surface area contributed by atoms with Crippen molar-refractivity contribution in [3.05, 3.63) is 93.0 Å². The van der Waals surface area contributed by atoms with Crippen LogP contribution in [0.25, 0.3) is 0 Å². The molecule has 0 fully saturated rings. The van der Waals surface area contributed by atoms with E-state index in [9.17, 15) is 13.2 Å². The molecule has 1 atom stereocenters. The lowest BCUT2D eigenvalue weighted by molar-refractivity contribution is 0.0939. The summed E-state index contributed by atoms with van der Waals surface area (Å²) in [6.45, 7) is 9.65. The van der Waals surface area contributed by atoms with Crippen molar-refractivity contribution < 1.29 is 13.2 Å². The highest BCUT2D eigenvalue weighted by Gasteiger charge is 2.22. The van der Waals surface area contributed by atoms with Gasteiger partial charge in [0.15, 0.2) is 0 Å². The monoisotopic (exact) mass is 470 g/mol. The SMILES string of the molecule is Cc1ccc([C@H](C)NC(=O)c2ccc(Cl)c(S(=O)(=O)Nc3cccc(C)c3C)c2)c(C)c1. The average Bonchev–Trinajstić information content (AvgIpc) is 2.71. The second kappa shape index (κ2) is 9.35. The first-order valence-corrected chi connectivity index (χ1v) is 12.1. The molecule has 0 aliphatic rings. The van der Waals surface area contributed by atoms with Crippen LogP contribution < -0.4 is 10.0 Å². The number of amides is 1. The van der Waals surface area contributed by atoms with Gasteiger partial charge < -0.3 is 5.32 Å². The Labute approximate surface area is 194 Å². The van der Waals surface area contributed by atoms with Crippen LogP contribution in [-0.4, -0.2) is 14.3 Å². The van der Waals surface area contributed by atoms with Crippen LogP contribution in [0.2, 0.25) is 5.02 Å². The van der Waals surface area contributed by atoms with Gasteiger partial charge in [0.1, 0.15) is 4.90 Å². The van der Waals surface area contributed by atoms with Crippen LogP contribution in [0.5, 0.6) is 0 Å². The number of hydrogen-bond acceptors (Lipinski definition) is 3. The van der Waals surface area contributed by atoms with Crippen molar-refractivity contribution in [2.75, 3.05) is 4.72 Å². The molecule has 7 heteroatoms. The van der Waals surface area contributed by atoms with Crippen LogP contribution in [0.4, 0.5) is 5.69 Å². The summed E-state index contributed by atoms with van der Waals surface area (Å²) in [5, 5.41) is 2.98. The van der Waals surface area contributed by atoms with E-state index in [4.69, 9.17) is 11.6 Å². The van der Waals surface area contributed by atoms with Crippen molar-refractivity contribution in [2.24, 2.45) is 0 Å². The highest BCUT2D eigenvalue weighted by molar-refractivity contribution is 7.92. The molecular weight excluding hydrogens is 444 g/mol. The summed E-state index contributed by atoms with van der Waals surface area (Å²) >= 11 is 6.21. The first-order valence-electron chi connectivity index (χ1n) is 10.3. The summed E-state index contributed by atoms with van der Waals surface area (Å²) in [6, 6.07) is 15.4. The topological polar surface area (TPSA) is 75.3 Å². The zero-order valence-corrected chi connectivity index (χ0v) is 20.4. The number of halogens is 1. The molecule has 5 nitrogen and oxygen atoms in total. The quantitative estimate of drug-likeness (QED) is 0.473. The number of rotatable bonds is 6. The molecule has 2 N–H and O–H groups in total. The Morgan fingerprint density at radius 3 is 2.34 bits per heavy atom. The minimum Gasteiger partial charge on any atom is -0.346 e. The van der Waals surface area contributed by atoms with Gasteiger partial charge in [-0.3, -0.25) is 9.52 Å². The maximum atomic E-state index is 13.1. The molecule has 0 aromatic heterocycles. The highest BCUT2D eigenvalue weighted by atomic mass is 35.5. The smallest absolute Gasteiger partial charge is 0.263 e. The third kappa shape index (κ3) is 5.14. The summed E-state index contributed by atoms with van der Waals surface area (Å²) < 4.78 is 28.7. The van der Waals surface area contributed by atoms with Crippen LogP contribution in [0.1, 0.15) is 51.1 Å². The lowest BCUT2D eigenvalue weighted by Crippen LogP contribution is -2.27. The molecule has 3 aromatic carbocycles. The van der Waals surface area contributed by atoms with Crippen LogP contribution in [0, 0.1) is 27.7 Å². The summed E-state index contributed by atoms with van der Waals surface area (Å²) in [5.41, 5.74) is 5.70. The summed E-state index contributed by atoms with van der Waals surface area (Å²) in [5.74, 6) is -0.377. The second-order valence-corrected chi connectivity index (χ2v) is 10.1. The summed E-state index contributed by atoms with van der Waals surface area (Å²) in [4.78, 5) is 12.7. The molecule has 0 unspecified atom stereocenters. The van der Waals surface area contributed by atoms with Crippen LogP contribution in [0.15, 0.2) is 59.5 Å². The fourth-order valence-electron chi connectivity index (χ4n) is 3.58. The van der Waals surface area contributed by atoms with E-state index in [2.05, 4.69) is 16.1 Å². The zero-order chi connectivity index (χ0) is 23.6. The fraction of sp³-hybridized carbons (Fsp3) is 0.240. The number of hydrogen-bond donors (Lipinski definition) is 2. The number of anilines is 1. The highest BCUT2D eigenvalue weighted by Crippen LogP contribution is 2.27. The Morgan fingerprint density at radius 2 is 1.66 bits per heavy atom. The van der Waals surface area contributed by atoms with Gasteiger partial charge in [-0.15, -0.1) is 0 Å². The lowest BCUT2D eigenvalue weighted by atomic mass is 10.00.